The van der Waals surface area contributed by atoms with Crippen LogP contribution in [0, 0.1) is 11.3 Å². The van der Waals surface area contributed by atoms with Crippen molar-refractivity contribution in [2.45, 2.75) is 33.6 Å². The highest BCUT2D eigenvalue weighted by Crippen LogP contribution is 2.24. The molecule has 78 valence electrons. The van der Waals surface area contributed by atoms with Crippen molar-refractivity contribution in [2.24, 2.45) is 11.3 Å². The van der Waals surface area contributed by atoms with Gasteiger partial charge in [0.1, 0.15) is 0 Å². The maximum absolute atomic E-state index is 5.19. The minimum Gasteiger partial charge on any atom is -0.380 e. The predicted molar refractivity (Wildman–Crippen MR) is 55.9 cm³/mol. The lowest BCUT2D eigenvalue weighted by Gasteiger charge is -2.38. The molecule has 2 nitrogen and oxygen atoms in total. The third-order valence-electron chi connectivity index (χ3n) is 2.59. The Morgan fingerprint density at radius 3 is 2.54 bits per heavy atom. The second-order valence-corrected chi connectivity index (χ2v) is 5.02. The van der Waals surface area contributed by atoms with Gasteiger partial charge in [0.2, 0.25) is 0 Å². The van der Waals surface area contributed by atoms with Gasteiger partial charge >= 0.3 is 0 Å². The Kier molecular flexibility index (Phi) is 4.20. The van der Waals surface area contributed by atoms with Gasteiger partial charge in [-0.2, -0.15) is 0 Å². The second kappa shape index (κ2) is 4.97. The summed E-state index contributed by atoms with van der Waals surface area (Å²) in [5.74, 6) is 0.837. The van der Waals surface area contributed by atoms with Gasteiger partial charge in [0.05, 0.1) is 13.2 Å². The van der Waals surface area contributed by atoms with Crippen molar-refractivity contribution in [3.05, 3.63) is 0 Å². The summed E-state index contributed by atoms with van der Waals surface area (Å²) in [6.45, 7) is 11.0. The molecule has 0 aromatic heterocycles. The van der Waals surface area contributed by atoms with Gasteiger partial charge in [-0.1, -0.05) is 20.8 Å². The summed E-state index contributed by atoms with van der Waals surface area (Å²) in [5.41, 5.74) is 0.428. The summed E-state index contributed by atoms with van der Waals surface area (Å²) in [7, 11) is 0. The second-order valence-electron chi connectivity index (χ2n) is 5.02. The van der Waals surface area contributed by atoms with Crippen LogP contribution in [0.25, 0.3) is 0 Å². The third kappa shape index (κ3) is 4.10. The van der Waals surface area contributed by atoms with E-state index in [1.165, 1.54) is 12.8 Å². The molecule has 0 saturated carbocycles. The summed E-state index contributed by atoms with van der Waals surface area (Å²) in [4.78, 5) is 0. The monoisotopic (exact) mass is 185 g/mol. The van der Waals surface area contributed by atoms with Crippen LogP contribution in [0.1, 0.15) is 33.6 Å². The maximum Gasteiger partial charge on any atom is 0.0554 e. The van der Waals surface area contributed by atoms with Crippen LogP contribution in [0.15, 0.2) is 0 Å². The Hall–Kier alpha value is -0.0800. The molecule has 1 heterocycles. The smallest absolute Gasteiger partial charge is 0.0554 e. The normalized spacial score (nSPS) is 20.3. The molecule has 0 spiro atoms. The molecule has 0 radical (unpaired) electrons. The molecule has 1 rings (SSSR count). The van der Waals surface area contributed by atoms with E-state index < -0.39 is 0 Å². The molecular formula is C11H23NO. The SMILES string of the molecule is CC(C)CCCNCC1(C)COC1. The standard InChI is InChI=1S/C11H23NO/c1-10(2)5-4-6-12-7-11(3)8-13-9-11/h10,12H,4-9H2,1-3H3. The van der Waals surface area contributed by atoms with E-state index in [4.69, 9.17) is 4.74 Å². The summed E-state index contributed by atoms with van der Waals surface area (Å²) in [5, 5.41) is 3.50. The first-order valence-corrected chi connectivity index (χ1v) is 5.41. The molecule has 0 bridgehead atoms. The third-order valence-corrected chi connectivity index (χ3v) is 2.59. The molecule has 1 aliphatic rings. The number of hydrogen-bond donors (Lipinski definition) is 1. The molecule has 0 aromatic rings. The van der Waals surface area contributed by atoms with E-state index in [2.05, 4.69) is 26.1 Å². The van der Waals surface area contributed by atoms with Crippen molar-refractivity contribution >= 4 is 0 Å². The topological polar surface area (TPSA) is 21.3 Å². The fourth-order valence-corrected chi connectivity index (χ4v) is 1.58. The van der Waals surface area contributed by atoms with Gasteiger partial charge in [-0.15, -0.1) is 0 Å². The fraction of sp³-hybridized carbons (Fsp3) is 1.00. The molecule has 1 N–H and O–H groups in total. The minimum atomic E-state index is 0.428. The van der Waals surface area contributed by atoms with Gasteiger partial charge in [0, 0.05) is 12.0 Å². The molecule has 1 aliphatic heterocycles. The van der Waals surface area contributed by atoms with E-state index in [0.29, 0.717) is 5.41 Å². The van der Waals surface area contributed by atoms with Crippen molar-refractivity contribution in [2.75, 3.05) is 26.3 Å². The van der Waals surface area contributed by atoms with Crippen molar-refractivity contribution in [3.8, 4) is 0 Å². The highest BCUT2D eigenvalue weighted by molar-refractivity contribution is 4.82. The van der Waals surface area contributed by atoms with E-state index in [-0.39, 0.29) is 0 Å². The van der Waals surface area contributed by atoms with Crippen LogP contribution in [-0.4, -0.2) is 26.3 Å². The van der Waals surface area contributed by atoms with Gasteiger partial charge < -0.3 is 10.1 Å². The Morgan fingerprint density at radius 1 is 1.38 bits per heavy atom. The zero-order valence-corrected chi connectivity index (χ0v) is 9.23. The lowest BCUT2D eigenvalue weighted by molar-refractivity contribution is -0.0989. The van der Waals surface area contributed by atoms with Crippen molar-refractivity contribution in [3.63, 3.8) is 0 Å². The molecule has 0 atom stereocenters. The van der Waals surface area contributed by atoms with E-state index in [9.17, 15) is 0 Å². The first kappa shape index (κ1) is 11.0. The van der Waals surface area contributed by atoms with Crippen LogP contribution >= 0.6 is 0 Å². The number of hydrogen-bond acceptors (Lipinski definition) is 2. The van der Waals surface area contributed by atoms with Crippen molar-refractivity contribution in [1.29, 1.82) is 0 Å². The van der Waals surface area contributed by atoms with Gasteiger partial charge in [0.15, 0.2) is 0 Å². The molecule has 0 unspecified atom stereocenters. The molecule has 1 saturated heterocycles. The zero-order valence-electron chi connectivity index (χ0n) is 9.23. The fourth-order valence-electron chi connectivity index (χ4n) is 1.58. The van der Waals surface area contributed by atoms with Gasteiger partial charge in [-0.05, 0) is 25.3 Å². The number of nitrogens with one attached hydrogen (secondary N) is 1. The molecule has 1 fully saturated rings. The average Bonchev–Trinajstić information content (AvgIpc) is 2.00. The molecule has 0 aromatic carbocycles. The summed E-state index contributed by atoms with van der Waals surface area (Å²) in [6, 6.07) is 0. The van der Waals surface area contributed by atoms with Crippen LogP contribution in [0.5, 0.6) is 0 Å². The lowest BCUT2D eigenvalue weighted by atomic mass is 9.89. The van der Waals surface area contributed by atoms with Gasteiger partial charge in [0.25, 0.3) is 0 Å². The summed E-state index contributed by atoms with van der Waals surface area (Å²) in [6.07, 6.45) is 2.63. The Bertz CT molecular complexity index is 141. The molecule has 13 heavy (non-hydrogen) atoms. The Balaban J connectivity index is 1.89. The zero-order chi connectivity index (χ0) is 9.73. The van der Waals surface area contributed by atoms with Crippen LogP contribution < -0.4 is 5.32 Å². The molecule has 0 amide bonds. The number of ether oxygens (including phenoxy) is 1. The van der Waals surface area contributed by atoms with Crippen LogP contribution in [-0.2, 0) is 4.74 Å². The first-order valence-electron chi connectivity index (χ1n) is 5.41. The van der Waals surface area contributed by atoms with Crippen molar-refractivity contribution in [1.82, 2.24) is 5.32 Å². The lowest BCUT2D eigenvalue weighted by Crippen LogP contribution is -2.47. The highest BCUT2D eigenvalue weighted by Gasteiger charge is 2.32. The summed E-state index contributed by atoms with van der Waals surface area (Å²) >= 11 is 0. The number of rotatable bonds is 6. The van der Waals surface area contributed by atoms with E-state index in [1.807, 2.05) is 0 Å². The van der Waals surface area contributed by atoms with Gasteiger partial charge in [-0.25, -0.2) is 0 Å². The van der Waals surface area contributed by atoms with Crippen LogP contribution in [0.2, 0.25) is 0 Å². The molecule has 2 heteroatoms. The highest BCUT2D eigenvalue weighted by atomic mass is 16.5. The van der Waals surface area contributed by atoms with Crippen LogP contribution in [0.4, 0.5) is 0 Å². The van der Waals surface area contributed by atoms with Crippen molar-refractivity contribution < 1.29 is 4.74 Å². The maximum atomic E-state index is 5.19. The predicted octanol–water partition coefficient (Wildman–Crippen LogP) is 2.05. The van der Waals surface area contributed by atoms with E-state index in [1.54, 1.807) is 0 Å². The average molecular weight is 185 g/mol. The van der Waals surface area contributed by atoms with Crippen LogP contribution in [0.3, 0.4) is 0 Å². The minimum absolute atomic E-state index is 0.428. The first-order chi connectivity index (χ1) is 6.12. The summed E-state index contributed by atoms with van der Waals surface area (Å²) < 4.78 is 5.19. The Morgan fingerprint density at radius 2 is 2.08 bits per heavy atom. The molecule has 0 aliphatic carbocycles. The van der Waals surface area contributed by atoms with Gasteiger partial charge in [-0.3, -0.25) is 0 Å². The molecular weight excluding hydrogens is 162 g/mol. The van der Waals surface area contributed by atoms with E-state index in [0.717, 1.165) is 32.2 Å². The Labute approximate surface area is 82.0 Å². The quantitative estimate of drug-likeness (QED) is 0.639. The van der Waals surface area contributed by atoms with E-state index >= 15 is 0 Å². The largest absolute Gasteiger partial charge is 0.380 e.